The maximum Gasteiger partial charge on any atom is 0.329 e. The Labute approximate surface area is 105 Å². The van der Waals surface area contributed by atoms with Gasteiger partial charge in [0.15, 0.2) is 0 Å². The molecule has 1 unspecified atom stereocenters. The molecular weight excluding hydrogens is 236 g/mol. The van der Waals surface area contributed by atoms with Gasteiger partial charge < -0.3 is 19.7 Å². The Bertz CT molecular complexity index is 416. The van der Waals surface area contributed by atoms with Crippen molar-refractivity contribution in [1.29, 1.82) is 0 Å². The van der Waals surface area contributed by atoms with Crippen molar-refractivity contribution < 1.29 is 19.4 Å². The molecule has 1 amide bonds. The summed E-state index contributed by atoms with van der Waals surface area (Å²) < 4.78 is 4.83. The van der Waals surface area contributed by atoms with Crippen molar-refractivity contribution in [3.05, 3.63) is 24.0 Å². The number of aromatic amines is 1. The minimum Gasteiger partial charge on any atom is -0.480 e. The number of nitrogens with one attached hydrogen (secondary N) is 1. The summed E-state index contributed by atoms with van der Waals surface area (Å²) in [5.74, 6) is -1.22. The maximum atomic E-state index is 11.9. The summed E-state index contributed by atoms with van der Waals surface area (Å²) in [5, 5.41) is 8.44. The van der Waals surface area contributed by atoms with E-state index >= 15 is 0 Å². The van der Waals surface area contributed by atoms with Crippen molar-refractivity contribution in [2.75, 3.05) is 19.8 Å². The summed E-state index contributed by atoms with van der Waals surface area (Å²) in [6.07, 6.45) is 3.71. The van der Waals surface area contributed by atoms with E-state index in [9.17, 15) is 9.59 Å². The fraction of sp³-hybridized carbons (Fsp3) is 0.500. The van der Waals surface area contributed by atoms with Gasteiger partial charge in [-0.25, -0.2) is 4.79 Å². The lowest BCUT2D eigenvalue weighted by atomic mass is 10.1. The van der Waals surface area contributed by atoms with Crippen molar-refractivity contribution in [2.24, 2.45) is 0 Å². The molecule has 1 atom stereocenters. The van der Waals surface area contributed by atoms with Gasteiger partial charge in [-0.3, -0.25) is 4.79 Å². The Morgan fingerprint density at radius 3 is 3.00 bits per heavy atom. The van der Waals surface area contributed by atoms with E-state index in [1.807, 2.05) is 18.3 Å². The lowest BCUT2D eigenvalue weighted by Gasteiger charge is -2.23. The van der Waals surface area contributed by atoms with Gasteiger partial charge in [-0.15, -0.1) is 0 Å². The van der Waals surface area contributed by atoms with Crippen LogP contribution in [0.2, 0.25) is 0 Å². The number of carboxylic acids is 1. The molecule has 98 valence electrons. The smallest absolute Gasteiger partial charge is 0.329 e. The van der Waals surface area contributed by atoms with Crippen LogP contribution in [0.4, 0.5) is 0 Å². The molecule has 1 saturated heterocycles. The van der Waals surface area contributed by atoms with Crippen LogP contribution in [0, 0.1) is 0 Å². The topological polar surface area (TPSA) is 82.6 Å². The molecule has 2 heterocycles. The predicted molar refractivity (Wildman–Crippen MR) is 62.9 cm³/mol. The third-order valence-electron chi connectivity index (χ3n) is 3.01. The van der Waals surface area contributed by atoms with E-state index in [1.54, 1.807) is 4.90 Å². The zero-order valence-electron chi connectivity index (χ0n) is 9.96. The van der Waals surface area contributed by atoms with Crippen LogP contribution in [0.5, 0.6) is 0 Å². The molecule has 18 heavy (non-hydrogen) atoms. The lowest BCUT2D eigenvalue weighted by Crippen LogP contribution is -2.34. The summed E-state index contributed by atoms with van der Waals surface area (Å²) in [5.41, 5.74) is 1.01. The number of ether oxygens (including phenoxy) is 1. The molecule has 0 saturated carbocycles. The molecule has 6 heteroatoms. The average molecular weight is 252 g/mol. The molecule has 6 nitrogen and oxygen atoms in total. The number of aromatic nitrogens is 1. The Kier molecular flexibility index (Phi) is 3.99. The van der Waals surface area contributed by atoms with Crippen LogP contribution in [-0.4, -0.2) is 46.6 Å². The molecule has 1 aromatic rings. The molecular formula is C12H16N2O4. The number of nitrogens with zero attached hydrogens (tertiary/aromatic N) is 1. The first-order chi connectivity index (χ1) is 8.68. The minimum absolute atomic E-state index is 0.0564. The number of rotatable bonds is 5. The van der Waals surface area contributed by atoms with Crippen molar-refractivity contribution in [3.8, 4) is 0 Å². The second-order valence-electron chi connectivity index (χ2n) is 4.26. The van der Waals surface area contributed by atoms with Crippen LogP contribution in [0.15, 0.2) is 18.3 Å². The highest BCUT2D eigenvalue weighted by atomic mass is 16.5. The summed E-state index contributed by atoms with van der Waals surface area (Å²) in [6.45, 7) is 0.0786. The van der Waals surface area contributed by atoms with Gasteiger partial charge in [0, 0.05) is 18.4 Å². The van der Waals surface area contributed by atoms with Crippen molar-refractivity contribution in [1.82, 2.24) is 9.88 Å². The van der Waals surface area contributed by atoms with Gasteiger partial charge in [0.05, 0.1) is 6.04 Å². The van der Waals surface area contributed by atoms with Gasteiger partial charge in [-0.05, 0) is 25.0 Å². The number of amides is 1. The fourth-order valence-electron chi connectivity index (χ4n) is 2.25. The number of carbonyl (C=O) groups is 2. The van der Waals surface area contributed by atoms with E-state index in [2.05, 4.69) is 4.98 Å². The number of aliphatic carboxylic acids is 1. The van der Waals surface area contributed by atoms with E-state index in [0.717, 1.165) is 18.5 Å². The quantitative estimate of drug-likeness (QED) is 0.811. The van der Waals surface area contributed by atoms with E-state index < -0.39 is 12.6 Å². The molecule has 0 radical (unpaired) electrons. The molecule has 0 aliphatic carbocycles. The molecule has 2 rings (SSSR count). The van der Waals surface area contributed by atoms with Gasteiger partial charge in [0.1, 0.15) is 13.2 Å². The Balaban J connectivity index is 1.91. The number of hydrogen-bond donors (Lipinski definition) is 2. The van der Waals surface area contributed by atoms with E-state index in [-0.39, 0.29) is 18.6 Å². The largest absolute Gasteiger partial charge is 0.480 e. The monoisotopic (exact) mass is 252 g/mol. The van der Waals surface area contributed by atoms with Crippen LogP contribution in [0.25, 0.3) is 0 Å². The highest BCUT2D eigenvalue weighted by Crippen LogP contribution is 2.30. The zero-order valence-corrected chi connectivity index (χ0v) is 9.96. The molecule has 1 fully saturated rings. The summed E-state index contributed by atoms with van der Waals surface area (Å²) >= 11 is 0. The highest BCUT2D eigenvalue weighted by Gasteiger charge is 2.30. The third-order valence-corrected chi connectivity index (χ3v) is 3.01. The van der Waals surface area contributed by atoms with Crippen LogP contribution in [-0.2, 0) is 14.3 Å². The first-order valence-electron chi connectivity index (χ1n) is 5.91. The minimum atomic E-state index is -1.06. The molecule has 0 aromatic carbocycles. The first kappa shape index (κ1) is 12.6. The predicted octanol–water partition coefficient (Wildman–Crippen LogP) is 0.779. The second-order valence-corrected chi connectivity index (χ2v) is 4.26. The van der Waals surface area contributed by atoms with Gasteiger partial charge >= 0.3 is 5.97 Å². The SMILES string of the molecule is O=C(O)COCC(=O)N1CCCC1c1ccc[nH]1. The molecule has 0 bridgehead atoms. The Morgan fingerprint density at radius 1 is 1.50 bits per heavy atom. The van der Waals surface area contributed by atoms with Crippen LogP contribution < -0.4 is 0 Å². The number of carbonyl (C=O) groups excluding carboxylic acids is 1. The summed E-state index contributed by atoms with van der Waals surface area (Å²) in [6, 6.07) is 3.91. The first-order valence-corrected chi connectivity index (χ1v) is 5.91. The maximum absolute atomic E-state index is 11.9. The summed E-state index contributed by atoms with van der Waals surface area (Å²) in [7, 11) is 0. The van der Waals surface area contributed by atoms with Gasteiger partial charge in [-0.1, -0.05) is 0 Å². The Hall–Kier alpha value is -1.82. The number of likely N-dealkylation sites (tertiary alicyclic amines) is 1. The van der Waals surface area contributed by atoms with Crippen molar-refractivity contribution >= 4 is 11.9 Å². The van der Waals surface area contributed by atoms with E-state index in [4.69, 9.17) is 9.84 Å². The normalized spacial score (nSPS) is 19.1. The molecule has 2 N–H and O–H groups in total. The van der Waals surface area contributed by atoms with Crippen molar-refractivity contribution in [3.63, 3.8) is 0 Å². The summed E-state index contributed by atoms with van der Waals surface area (Å²) in [4.78, 5) is 27.1. The average Bonchev–Trinajstić information content (AvgIpc) is 2.99. The second kappa shape index (κ2) is 5.68. The molecule has 1 aliphatic rings. The van der Waals surface area contributed by atoms with E-state index in [1.165, 1.54) is 0 Å². The van der Waals surface area contributed by atoms with Crippen LogP contribution >= 0.6 is 0 Å². The lowest BCUT2D eigenvalue weighted by molar-refractivity contribution is -0.146. The van der Waals surface area contributed by atoms with Crippen molar-refractivity contribution in [2.45, 2.75) is 18.9 Å². The molecule has 1 aromatic heterocycles. The fourth-order valence-corrected chi connectivity index (χ4v) is 2.25. The Morgan fingerprint density at radius 2 is 2.33 bits per heavy atom. The van der Waals surface area contributed by atoms with E-state index in [0.29, 0.717) is 6.54 Å². The van der Waals surface area contributed by atoms with Crippen LogP contribution in [0.1, 0.15) is 24.6 Å². The van der Waals surface area contributed by atoms with Gasteiger partial charge in [0.25, 0.3) is 0 Å². The standard InChI is InChI=1S/C12H16N2O4/c15-11(7-18-8-12(16)17)14-6-2-4-10(14)9-3-1-5-13-9/h1,3,5,10,13H,2,4,6-8H2,(H,16,17). The number of hydrogen-bond acceptors (Lipinski definition) is 3. The number of H-pyrrole nitrogens is 1. The highest BCUT2D eigenvalue weighted by molar-refractivity contribution is 5.78. The zero-order chi connectivity index (χ0) is 13.0. The molecule has 0 spiro atoms. The van der Waals surface area contributed by atoms with Gasteiger partial charge in [0.2, 0.25) is 5.91 Å². The third kappa shape index (κ3) is 2.89. The van der Waals surface area contributed by atoms with Crippen LogP contribution in [0.3, 0.4) is 0 Å². The molecule has 1 aliphatic heterocycles. The number of carboxylic acid groups (broad SMARTS) is 1. The van der Waals surface area contributed by atoms with Gasteiger partial charge in [-0.2, -0.15) is 0 Å².